The number of halogens is 3. The first-order valence-electron chi connectivity index (χ1n) is 8.70. The summed E-state index contributed by atoms with van der Waals surface area (Å²) >= 11 is 0. The smallest absolute Gasteiger partial charge is 0.408 e. The summed E-state index contributed by atoms with van der Waals surface area (Å²) in [4.78, 5) is 0. The van der Waals surface area contributed by atoms with Crippen molar-refractivity contribution in [2.45, 2.75) is 37.9 Å². The van der Waals surface area contributed by atoms with Crippen molar-refractivity contribution in [1.82, 2.24) is 0 Å². The molecule has 0 aliphatic heterocycles. The maximum Gasteiger partial charge on any atom is 0.408 e. The van der Waals surface area contributed by atoms with Crippen molar-refractivity contribution < 1.29 is 23.0 Å². The van der Waals surface area contributed by atoms with E-state index in [4.69, 9.17) is 9.84 Å². The number of hydrogen-bond acceptors (Lipinski definition) is 3. The van der Waals surface area contributed by atoms with Crippen LogP contribution in [-0.2, 0) is 12.8 Å². The Labute approximate surface area is 157 Å². The third kappa shape index (κ3) is 6.89. The zero-order valence-electron chi connectivity index (χ0n) is 15.2. The van der Waals surface area contributed by atoms with Crippen molar-refractivity contribution >= 4 is 5.69 Å². The molecule has 2 N–H and O–H groups in total. The maximum absolute atomic E-state index is 13.4. The number of methoxy groups -OCH3 is 1. The molecule has 0 amide bonds. The quantitative estimate of drug-likeness (QED) is 0.551. The molecule has 0 fully saturated rings. The number of nitrogens with one attached hydrogen (secondary N) is 1. The van der Waals surface area contributed by atoms with E-state index in [0.717, 1.165) is 11.1 Å². The van der Waals surface area contributed by atoms with Crippen LogP contribution in [0.1, 0.15) is 24.0 Å². The fraction of sp³-hybridized carbons (Fsp3) is 0.333. The van der Waals surface area contributed by atoms with Gasteiger partial charge in [-0.3, -0.25) is 0 Å². The Morgan fingerprint density at radius 3 is 2.11 bits per heavy atom. The second kappa shape index (κ2) is 9.35. The van der Waals surface area contributed by atoms with Crippen LogP contribution in [0.15, 0.2) is 60.9 Å². The fourth-order valence-electron chi connectivity index (χ4n) is 2.68. The molecule has 2 aromatic carbocycles. The second-order valence-corrected chi connectivity index (χ2v) is 6.39. The van der Waals surface area contributed by atoms with E-state index < -0.39 is 12.2 Å². The lowest BCUT2D eigenvalue weighted by Crippen LogP contribution is -2.36. The average Bonchev–Trinajstić information content (AvgIpc) is 2.64. The molecule has 1 unspecified atom stereocenters. The highest BCUT2D eigenvalue weighted by Gasteiger charge is 2.39. The number of hydrogen-bond donors (Lipinski definition) is 2. The highest BCUT2D eigenvalue weighted by atomic mass is 19.4. The highest BCUT2D eigenvalue weighted by Crippen LogP contribution is 2.27. The molecule has 6 heteroatoms. The Morgan fingerprint density at radius 2 is 1.59 bits per heavy atom. The predicted octanol–water partition coefficient (Wildman–Crippen LogP) is 5.68. The number of aliphatic hydroxyl groups is 1. The zero-order valence-corrected chi connectivity index (χ0v) is 15.2. The molecule has 0 radical (unpaired) electrons. The first-order chi connectivity index (χ1) is 12.8. The predicted molar refractivity (Wildman–Crippen MR) is 101 cm³/mol. The molecular formula is C21H24F3NO2. The van der Waals surface area contributed by atoms with Gasteiger partial charge in [0.15, 0.2) is 0 Å². The largest absolute Gasteiger partial charge is 0.513 e. The second-order valence-electron chi connectivity index (χ2n) is 6.39. The summed E-state index contributed by atoms with van der Waals surface area (Å²) in [5.41, 5.74) is 2.17. The van der Waals surface area contributed by atoms with Gasteiger partial charge < -0.3 is 15.2 Å². The average molecular weight is 379 g/mol. The Bertz CT molecular complexity index is 725. The molecule has 0 spiro atoms. The molecule has 2 rings (SSSR count). The van der Waals surface area contributed by atoms with E-state index >= 15 is 0 Å². The summed E-state index contributed by atoms with van der Waals surface area (Å²) in [5.74, 6) is 0.766. The van der Waals surface area contributed by atoms with Gasteiger partial charge in [0, 0.05) is 12.1 Å². The molecule has 0 aromatic heterocycles. The minimum atomic E-state index is -4.35. The van der Waals surface area contributed by atoms with Gasteiger partial charge in [-0.15, -0.1) is 0 Å². The Hall–Kier alpha value is -2.63. The number of anilines is 1. The van der Waals surface area contributed by atoms with E-state index in [1.54, 1.807) is 55.6 Å². The summed E-state index contributed by atoms with van der Waals surface area (Å²) in [6.45, 7) is 3.42. The highest BCUT2D eigenvalue weighted by molar-refractivity contribution is 5.46. The first-order valence-corrected chi connectivity index (χ1v) is 8.70. The van der Waals surface area contributed by atoms with Crippen molar-refractivity contribution in [2.24, 2.45) is 0 Å². The van der Waals surface area contributed by atoms with Gasteiger partial charge >= 0.3 is 6.18 Å². The summed E-state index contributed by atoms with van der Waals surface area (Å²) in [5, 5.41) is 11.7. The van der Waals surface area contributed by atoms with Crippen LogP contribution < -0.4 is 10.1 Å². The lowest BCUT2D eigenvalue weighted by atomic mass is 10.0. The van der Waals surface area contributed by atoms with Crippen LogP contribution in [-0.4, -0.2) is 24.4 Å². The SMILES string of the molecule is C=C(O)CCc1ccc(NC(CCc2ccc(OC)cc2)C(F)(F)F)cc1. The Balaban J connectivity index is 1.98. The van der Waals surface area contributed by atoms with Crippen LogP contribution in [0.5, 0.6) is 5.75 Å². The number of allylic oxidation sites excluding steroid dienone is 1. The zero-order chi connectivity index (χ0) is 19.9. The van der Waals surface area contributed by atoms with Crippen molar-refractivity contribution in [3.05, 3.63) is 72.0 Å². The molecule has 146 valence electrons. The molecule has 2 aromatic rings. The van der Waals surface area contributed by atoms with Gasteiger partial charge in [0.25, 0.3) is 0 Å². The van der Waals surface area contributed by atoms with Gasteiger partial charge in [-0.1, -0.05) is 30.8 Å². The molecule has 1 atom stereocenters. The van der Waals surface area contributed by atoms with Crippen molar-refractivity contribution in [3.63, 3.8) is 0 Å². The van der Waals surface area contributed by atoms with E-state index in [2.05, 4.69) is 11.9 Å². The topological polar surface area (TPSA) is 41.5 Å². The summed E-state index contributed by atoms with van der Waals surface area (Å²) in [6, 6.07) is 12.2. The summed E-state index contributed by atoms with van der Waals surface area (Å²) < 4.78 is 45.2. The molecule has 0 heterocycles. The monoisotopic (exact) mass is 379 g/mol. The molecule has 0 saturated heterocycles. The van der Waals surface area contributed by atoms with E-state index in [-0.39, 0.29) is 12.2 Å². The van der Waals surface area contributed by atoms with Gasteiger partial charge in [0.1, 0.15) is 11.8 Å². The molecule has 0 saturated carbocycles. The molecule has 27 heavy (non-hydrogen) atoms. The molecular weight excluding hydrogens is 355 g/mol. The van der Waals surface area contributed by atoms with Crippen molar-refractivity contribution in [1.29, 1.82) is 0 Å². The van der Waals surface area contributed by atoms with Gasteiger partial charge in [0.2, 0.25) is 0 Å². The molecule has 3 nitrogen and oxygen atoms in total. The van der Waals surface area contributed by atoms with Gasteiger partial charge in [-0.2, -0.15) is 13.2 Å². The minimum Gasteiger partial charge on any atom is -0.513 e. The third-order valence-electron chi connectivity index (χ3n) is 4.27. The van der Waals surface area contributed by atoms with Gasteiger partial charge in [-0.05, 0) is 54.7 Å². The Kier molecular flexibility index (Phi) is 7.16. The maximum atomic E-state index is 13.4. The molecule has 0 bridgehead atoms. The number of benzene rings is 2. The van der Waals surface area contributed by atoms with Gasteiger partial charge in [-0.25, -0.2) is 0 Å². The Morgan fingerprint density at radius 1 is 1.04 bits per heavy atom. The van der Waals surface area contributed by atoms with Crippen LogP contribution in [0.2, 0.25) is 0 Å². The van der Waals surface area contributed by atoms with Crippen LogP contribution in [0, 0.1) is 0 Å². The van der Waals surface area contributed by atoms with E-state index in [9.17, 15) is 13.2 Å². The van der Waals surface area contributed by atoms with Crippen LogP contribution in [0.4, 0.5) is 18.9 Å². The van der Waals surface area contributed by atoms with Crippen molar-refractivity contribution in [2.75, 3.05) is 12.4 Å². The summed E-state index contributed by atoms with van der Waals surface area (Å²) in [7, 11) is 1.55. The molecule has 0 aliphatic rings. The van der Waals surface area contributed by atoms with E-state index in [1.165, 1.54) is 0 Å². The summed E-state index contributed by atoms with van der Waals surface area (Å²) in [6.07, 6.45) is -3.09. The van der Waals surface area contributed by atoms with Crippen LogP contribution in [0.3, 0.4) is 0 Å². The van der Waals surface area contributed by atoms with E-state index in [1.807, 2.05) is 0 Å². The number of aliphatic hydroxyl groups excluding tert-OH is 1. The minimum absolute atomic E-state index is 0.0675. The third-order valence-corrected chi connectivity index (χ3v) is 4.27. The lowest BCUT2D eigenvalue weighted by molar-refractivity contribution is -0.143. The number of alkyl halides is 3. The number of aryl methyl sites for hydroxylation is 2. The van der Waals surface area contributed by atoms with Crippen LogP contribution >= 0.6 is 0 Å². The van der Waals surface area contributed by atoms with Crippen LogP contribution in [0.25, 0.3) is 0 Å². The fourth-order valence-corrected chi connectivity index (χ4v) is 2.68. The number of ether oxygens (including phenoxy) is 1. The first kappa shape index (κ1) is 20.7. The lowest BCUT2D eigenvalue weighted by Gasteiger charge is -2.23. The normalized spacial score (nSPS) is 12.4. The van der Waals surface area contributed by atoms with Crippen molar-refractivity contribution in [3.8, 4) is 5.75 Å². The molecule has 0 aliphatic carbocycles. The standard InChI is InChI=1S/C21H24F3NO2/c1-15(26)3-4-16-5-10-18(11-6-16)25-20(21(22,23)24)14-9-17-7-12-19(27-2)13-8-17/h5-8,10-13,20,25-26H,1,3-4,9,14H2,2H3. The number of rotatable bonds is 9. The van der Waals surface area contributed by atoms with Gasteiger partial charge in [0.05, 0.1) is 12.9 Å². The van der Waals surface area contributed by atoms with E-state index in [0.29, 0.717) is 30.7 Å².